The largest absolute Gasteiger partial charge is 0.385 e. The third-order valence-corrected chi connectivity index (χ3v) is 2.56. The van der Waals surface area contributed by atoms with Gasteiger partial charge in [-0.05, 0) is 31.5 Å². The summed E-state index contributed by atoms with van der Waals surface area (Å²) >= 11 is 0. The van der Waals surface area contributed by atoms with Crippen LogP contribution in [0, 0.1) is 12.8 Å². The van der Waals surface area contributed by atoms with Crippen molar-refractivity contribution in [3.63, 3.8) is 0 Å². The Labute approximate surface area is 86.5 Å². The third-order valence-electron chi connectivity index (χ3n) is 2.56. The molecule has 3 N–H and O–H groups in total. The molecular weight excluding hydrogens is 172 g/mol. The number of nitrogens with two attached hydrogens (primary N) is 1. The zero-order valence-corrected chi connectivity index (χ0v) is 9.09. The lowest BCUT2D eigenvalue weighted by Crippen LogP contribution is -2.21. The summed E-state index contributed by atoms with van der Waals surface area (Å²) in [6.45, 7) is 6.00. The minimum absolute atomic E-state index is 0.580. The van der Waals surface area contributed by atoms with E-state index >= 15 is 0 Å². The van der Waals surface area contributed by atoms with Crippen LogP contribution in [-0.4, -0.2) is 13.1 Å². The molecule has 0 saturated heterocycles. The number of anilines is 1. The van der Waals surface area contributed by atoms with Gasteiger partial charge in [-0.15, -0.1) is 0 Å². The van der Waals surface area contributed by atoms with Crippen molar-refractivity contribution in [2.75, 3.05) is 18.4 Å². The first-order valence-electron chi connectivity index (χ1n) is 5.27. The van der Waals surface area contributed by atoms with Crippen LogP contribution in [0.2, 0.25) is 0 Å². The first kappa shape index (κ1) is 11.1. The van der Waals surface area contributed by atoms with Gasteiger partial charge in [-0.25, -0.2) is 0 Å². The summed E-state index contributed by atoms with van der Waals surface area (Å²) in [7, 11) is 0. The molecule has 1 aromatic carbocycles. The van der Waals surface area contributed by atoms with Gasteiger partial charge in [0, 0.05) is 12.2 Å². The smallest absolute Gasteiger partial charge is 0.0340 e. The number of nitrogens with one attached hydrogen (secondary N) is 1. The predicted octanol–water partition coefficient (Wildman–Crippen LogP) is 2.39. The summed E-state index contributed by atoms with van der Waals surface area (Å²) in [6, 6.07) is 8.45. The number of hydrogen-bond acceptors (Lipinski definition) is 2. The van der Waals surface area contributed by atoms with E-state index in [0.29, 0.717) is 5.92 Å². The molecule has 1 aromatic rings. The summed E-state index contributed by atoms with van der Waals surface area (Å²) < 4.78 is 0. The fourth-order valence-electron chi connectivity index (χ4n) is 1.33. The number of benzene rings is 1. The Balaban J connectivity index is 2.41. The third kappa shape index (κ3) is 3.38. The lowest BCUT2D eigenvalue weighted by molar-refractivity contribution is 0.548. The van der Waals surface area contributed by atoms with Crippen molar-refractivity contribution < 1.29 is 0 Å². The highest BCUT2D eigenvalue weighted by atomic mass is 14.9. The summed E-state index contributed by atoms with van der Waals surface area (Å²) in [5.41, 5.74) is 8.11. The van der Waals surface area contributed by atoms with Gasteiger partial charge in [0.1, 0.15) is 0 Å². The highest BCUT2D eigenvalue weighted by Gasteiger charge is 2.02. The normalized spacial score (nSPS) is 12.5. The molecule has 0 radical (unpaired) electrons. The maximum atomic E-state index is 5.63. The predicted molar refractivity (Wildman–Crippen MR) is 62.5 cm³/mol. The van der Waals surface area contributed by atoms with E-state index in [1.165, 1.54) is 11.3 Å². The van der Waals surface area contributed by atoms with Gasteiger partial charge in [-0.2, -0.15) is 0 Å². The molecule has 1 rings (SSSR count). The molecule has 0 amide bonds. The van der Waals surface area contributed by atoms with Crippen molar-refractivity contribution in [2.45, 2.75) is 20.3 Å². The fraction of sp³-hybridized carbons (Fsp3) is 0.500. The Bertz CT molecular complexity index is 250. The molecule has 1 unspecified atom stereocenters. The molecule has 0 spiro atoms. The Kier molecular flexibility index (Phi) is 4.47. The van der Waals surface area contributed by atoms with Crippen LogP contribution in [0.3, 0.4) is 0 Å². The summed E-state index contributed by atoms with van der Waals surface area (Å²) in [4.78, 5) is 0. The maximum absolute atomic E-state index is 5.63. The Morgan fingerprint density at radius 2 is 1.93 bits per heavy atom. The quantitative estimate of drug-likeness (QED) is 0.751. The van der Waals surface area contributed by atoms with Gasteiger partial charge in [-0.1, -0.05) is 31.0 Å². The van der Waals surface area contributed by atoms with Gasteiger partial charge in [-0.3, -0.25) is 0 Å². The zero-order chi connectivity index (χ0) is 10.4. The van der Waals surface area contributed by atoms with E-state index in [2.05, 4.69) is 43.4 Å². The molecule has 0 heterocycles. The fourth-order valence-corrected chi connectivity index (χ4v) is 1.33. The van der Waals surface area contributed by atoms with E-state index in [9.17, 15) is 0 Å². The van der Waals surface area contributed by atoms with E-state index in [-0.39, 0.29) is 0 Å². The van der Waals surface area contributed by atoms with Gasteiger partial charge in [0.05, 0.1) is 0 Å². The first-order valence-corrected chi connectivity index (χ1v) is 5.27. The van der Waals surface area contributed by atoms with E-state index in [1.54, 1.807) is 0 Å². The SMILES string of the molecule is CCC(CN)CNc1ccc(C)cc1. The molecule has 0 aliphatic rings. The molecule has 0 aliphatic heterocycles. The van der Waals surface area contributed by atoms with Crippen LogP contribution < -0.4 is 11.1 Å². The Morgan fingerprint density at radius 3 is 2.43 bits per heavy atom. The lowest BCUT2D eigenvalue weighted by Gasteiger charge is -2.14. The molecule has 0 aliphatic carbocycles. The van der Waals surface area contributed by atoms with Gasteiger partial charge < -0.3 is 11.1 Å². The van der Waals surface area contributed by atoms with Crippen molar-refractivity contribution in [3.05, 3.63) is 29.8 Å². The second kappa shape index (κ2) is 5.66. The number of rotatable bonds is 5. The zero-order valence-electron chi connectivity index (χ0n) is 9.09. The highest BCUT2D eigenvalue weighted by Crippen LogP contribution is 2.10. The number of aryl methyl sites for hydroxylation is 1. The maximum Gasteiger partial charge on any atom is 0.0340 e. The molecule has 0 saturated carbocycles. The molecule has 14 heavy (non-hydrogen) atoms. The van der Waals surface area contributed by atoms with Crippen molar-refractivity contribution in [3.8, 4) is 0 Å². The summed E-state index contributed by atoms with van der Waals surface area (Å²) in [5.74, 6) is 0.580. The average Bonchev–Trinajstić information content (AvgIpc) is 2.22. The summed E-state index contributed by atoms with van der Waals surface area (Å²) in [5, 5.41) is 3.39. The highest BCUT2D eigenvalue weighted by molar-refractivity contribution is 5.44. The van der Waals surface area contributed by atoms with Crippen LogP contribution in [-0.2, 0) is 0 Å². The minimum Gasteiger partial charge on any atom is -0.385 e. The standard InChI is InChI=1S/C12H20N2/c1-3-11(8-13)9-14-12-6-4-10(2)5-7-12/h4-7,11,14H,3,8-9,13H2,1-2H3. The van der Waals surface area contributed by atoms with Crippen molar-refractivity contribution >= 4 is 5.69 Å². The van der Waals surface area contributed by atoms with E-state index in [4.69, 9.17) is 5.73 Å². The molecule has 2 nitrogen and oxygen atoms in total. The van der Waals surface area contributed by atoms with Gasteiger partial charge >= 0.3 is 0 Å². The second-order valence-corrected chi connectivity index (χ2v) is 3.76. The van der Waals surface area contributed by atoms with E-state index in [0.717, 1.165) is 19.5 Å². The Morgan fingerprint density at radius 1 is 1.29 bits per heavy atom. The second-order valence-electron chi connectivity index (χ2n) is 3.76. The minimum atomic E-state index is 0.580. The molecular formula is C12H20N2. The van der Waals surface area contributed by atoms with Gasteiger partial charge in [0.2, 0.25) is 0 Å². The van der Waals surface area contributed by atoms with Crippen molar-refractivity contribution in [1.29, 1.82) is 0 Å². The topological polar surface area (TPSA) is 38.0 Å². The molecule has 2 heteroatoms. The molecule has 0 bridgehead atoms. The van der Waals surface area contributed by atoms with Gasteiger partial charge in [0.15, 0.2) is 0 Å². The van der Waals surface area contributed by atoms with Crippen LogP contribution in [0.5, 0.6) is 0 Å². The van der Waals surface area contributed by atoms with Gasteiger partial charge in [0.25, 0.3) is 0 Å². The Hall–Kier alpha value is -1.02. The van der Waals surface area contributed by atoms with Crippen LogP contribution in [0.25, 0.3) is 0 Å². The average molecular weight is 192 g/mol. The van der Waals surface area contributed by atoms with E-state index < -0.39 is 0 Å². The van der Waals surface area contributed by atoms with Crippen LogP contribution >= 0.6 is 0 Å². The molecule has 78 valence electrons. The molecule has 0 fully saturated rings. The monoisotopic (exact) mass is 192 g/mol. The van der Waals surface area contributed by atoms with Crippen LogP contribution in [0.15, 0.2) is 24.3 Å². The summed E-state index contributed by atoms with van der Waals surface area (Å²) in [6.07, 6.45) is 1.13. The van der Waals surface area contributed by atoms with Crippen LogP contribution in [0.1, 0.15) is 18.9 Å². The van der Waals surface area contributed by atoms with Crippen molar-refractivity contribution in [1.82, 2.24) is 0 Å². The molecule has 0 aromatic heterocycles. The van der Waals surface area contributed by atoms with E-state index in [1.807, 2.05) is 0 Å². The molecule has 1 atom stereocenters. The van der Waals surface area contributed by atoms with Crippen molar-refractivity contribution in [2.24, 2.45) is 11.7 Å². The number of hydrogen-bond donors (Lipinski definition) is 2. The lowest BCUT2D eigenvalue weighted by atomic mass is 10.1. The first-order chi connectivity index (χ1) is 6.76. The van der Waals surface area contributed by atoms with Crippen LogP contribution in [0.4, 0.5) is 5.69 Å².